The van der Waals surface area contributed by atoms with Crippen LogP contribution in [0.1, 0.15) is 22.8 Å². The van der Waals surface area contributed by atoms with E-state index in [9.17, 15) is 4.79 Å². The number of hydrogen-bond acceptors (Lipinski definition) is 2. The van der Waals surface area contributed by atoms with Crippen LogP contribution in [0.4, 0.5) is 0 Å². The molecule has 3 heteroatoms. The Morgan fingerprint density at radius 2 is 2.00 bits per heavy atom. The highest BCUT2D eigenvalue weighted by Gasteiger charge is 2.14. The van der Waals surface area contributed by atoms with Crippen molar-refractivity contribution in [2.75, 3.05) is 6.61 Å². The van der Waals surface area contributed by atoms with E-state index in [0.29, 0.717) is 12.2 Å². The number of hydrogen-bond donors (Lipinski definition) is 1. The van der Waals surface area contributed by atoms with Crippen molar-refractivity contribution in [2.24, 2.45) is 0 Å². The number of ether oxygens (including phenoxy) is 1. The Kier molecular flexibility index (Phi) is 3.48. The molecule has 1 heterocycles. The van der Waals surface area contributed by atoms with Crippen molar-refractivity contribution in [3.05, 3.63) is 53.6 Å². The lowest BCUT2D eigenvalue weighted by Crippen LogP contribution is -1.91. The zero-order chi connectivity index (χ0) is 14.8. The lowest BCUT2D eigenvalue weighted by Gasteiger charge is -2.04. The second kappa shape index (κ2) is 5.44. The topological polar surface area (TPSA) is 42.1 Å². The number of carbonyl (C=O) groups is 1. The summed E-state index contributed by atoms with van der Waals surface area (Å²) >= 11 is 0. The number of nitrogens with one attached hydrogen (secondary N) is 1. The van der Waals surface area contributed by atoms with Crippen LogP contribution in [0.25, 0.3) is 22.2 Å². The third-order valence-corrected chi connectivity index (χ3v) is 3.65. The van der Waals surface area contributed by atoms with Crippen LogP contribution in [-0.4, -0.2) is 17.9 Å². The molecule has 0 bridgehead atoms. The minimum Gasteiger partial charge on any atom is -0.494 e. The Balaban J connectivity index is 2.24. The van der Waals surface area contributed by atoms with Crippen LogP contribution in [0, 0.1) is 6.92 Å². The predicted octanol–water partition coefficient (Wildman–Crippen LogP) is 4.35. The number of benzene rings is 2. The molecule has 0 radical (unpaired) electrons. The molecule has 0 saturated carbocycles. The summed E-state index contributed by atoms with van der Waals surface area (Å²) in [5, 5.41) is 0.897. The summed E-state index contributed by atoms with van der Waals surface area (Å²) in [6, 6.07) is 13.8. The van der Waals surface area contributed by atoms with Gasteiger partial charge < -0.3 is 9.72 Å². The fourth-order valence-electron chi connectivity index (χ4n) is 2.64. The summed E-state index contributed by atoms with van der Waals surface area (Å²) in [4.78, 5) is 15.0. The maximum absolute atomic E-state index is 11.6. The Labute approximate surface area is 123 Å². The van der Waals surface area contributed by atoms with Crippen LogP contribution in [0.5, 0.6) is 5.75 Å². The number of aromatic amines is 1. The van der Waals surface area contributed by atoms with Crippen molar-refractivity contribution in [1.29, 1.82) is 0 Å². The molecule has 1 aromatic heterocycles. The molecule has 0 aliphatic carbocycles. The lowest BCUT2D eigenvalue weighted by molar-refractivity contribution is 0.112. The van der Waals surface area contributed by atoms with Gasteiger partial charge in [0, 0.05) is 22.0 Å². The molecule has 0 spiro atoms. The largest absolute Gasteiger partial charge is 0.494 e. The monoisotopic (exact) mass is 279 g/mol. The van der Waals surface area contributed by atoms with Gasteiger partial charge in [-0.3, -0.25) is 4.79 Å². The van der Waals surface area contributed by atoms with E-state index in [2.05, 4.69) is 4.98 Å². The number of carbonyl (C=O) groups excluding carboxylic acids is 1. The van der Waals surface area contributed by atoms with E-state index in [-0.39, 0.29) is 0 Å². The molecule has 0 saturated heterocycles. The predicted molar refractivity (Wildman–Crippen MR) is 85.0 cm³/mol. The van der Waals surface area contributed by atoms with Gasteiger partial charge in [-0.1, -0.05) is 24.3 Å². The smallest absolute Gasteiger partial charge is 0.152 e. The molecule has 0 atom stereocenters. The van der Waals surface area contributed by atoms with Gasteiger partial charge in [-0.25, -0.2) is 0 Å². The van der Waals surface area contributed by atoms with Gasteiger partial charge in [-0.05, 0) is 37.6 Å². The van der Waals surface area contributed by atoms with Gasteiger partial charge >= 0.3 is 0 Å². The second-order valence-corrected chi connectivity index (χ2v) is 4.99. The van der Waals surface area contributed by atoms with E-state index >= 15 is 0 Å². The van der Waals surface area contributed by atoms with Crippen LogP contribution in [0.2, 0.25) is 0 Å². The molecule has 0 aliphatic heterocycles. The molecule has 0 unspecified atom stereocenters. The van der Waals surface area contributed by atoms with E-state index in [4.69, 9.17) is 4.74 Å². The van der Waals surface area contributed by atoms with Gasteiger partial charge in [-0.15, -0.1) is 0 Å². The van der Waals surface area contributed by atoms with E-state index in [1.807, 2.05) is 56.3 Å². The molecule has 21 heavy (non-hydrogen) atoms. The molecule has 106 valence electrons. The summed E-state index contributed by atoms with van der Waals surface area (Å²) in [5.74, 6) is 0.781. The highest BCUT2D eigenvalue weighted by Crippen LogP contribution is 2.32. The Morgan fingerprint density at radius 1 is 1.19 bits per heavy atom. The molecular weight excluding hydrogens is 262 g/mol. The fraction of sp³-hybridized carbons (Fsp3) is 0.167. The van der Waals surface area contributed by atoms with Crippen molar-refractivity contribution in [3.8, 4) is 17.0 Å². The number of aldehydes is 1. The normalized spacial score (nSPS) is 10.8. The Hall–Kier alpha value is -2.55. The van der Waals surface area contributed by atoms with Gasteiger partial charge in [-0.2, -0.15) is 0 Å². The Bertz CT molecular complexity index is 802. The minimum absolute atomic E-state index is 0.608. The first-order chi connectivity index (χ1) is 10.2. The van der Waals surface area contributed by atoms with Crippen molar-refractivity contribution < 1.29 is 9.53 Å². The number of aryl methyl sites for hydroxylation is 1. The maximum Gasteiger partial charge on any atom is 0.152 e. The average Bonchev–Trinajstić information content (AvgIpc) is 2.85. The van der Waals surface area contributed by atoms with Gasteiger partial charge in [0.15, 0.2) is 6.29 Å². The second-order valence-electron chi connectivity index (χ2n) is 4.99. The zero-order valence-corrected chi connectivity index (χ0v) is 12.1. The van der Waals surface area contributed by atoms with E-state index in [1.165, 1.54) is 0 Å². The van der Waals surface area contributed by atoms with E-state index in [1.54, 1.807) is 0 Å². The highest BCUT2D eigenvalue weighted by atomic mass is 16.5. The molecule has 0 aliphatic rings. The number of H-pyrrole nitrogens is 1. The average molecular weight is 279 g/mol. The summed E-state index contributed by atoms with van der Waals surface area (Å²) in [5.41, 5.74) is 4.68. The van der Waals surface area contributed by atoms with Gasteiger partial charge in [0.05, 0.1) is 12.3 Å². The van der Waals surface area contributed by atoms with Gasteiger partial charge in [0.25, 0.3) is 0 Å². The molecule has 1 N–H and O–H groups in total. The summed E-state index contributed by atoms with van der Waals surface area (Å²) < 4.78 is 5.52. The standard InChI is InChI=1S/C18H17NO2/c1-3-21-13-8-9-17-15(10-13)16(11-20)18(19-17)14-7-5-4-6-12(14)2/h4-11,19H,3H2,1-2H3. The van der Waals surface area contributed by atoms with Crippen LogP contribution in [0.3, 0.4) is 0 Å². The van der Waals surface area contributed by atoms with Crippen molar-refractivity contribution in [3.63, 3.8) is 0 Å². The highest BCUT2D eigenvalue weighted by molar-refractivity contribution is 6.05. The minimum atomic E-state index is 0.608. The first kappa shape index (κ1) is 13.4. The van der Waals surface area contributed by atoms with Crippen molar-refractivity contribution in [2.45, 2.75) is 13.8 Å². The third-order valence-electron chi connectivity index (χ3n) is 3.65. The van der Waals surface area contributed by atoms with Crippen molar-refractivity contribution >= 4 is 17.2 Å². The van der Waals surface area contributed by atoms with E-state index < -0.39 is 0 Å². The molecule has 0 amide bonds. The number of rotatable bonds is 4. The molecule has 0 fully saturated rings. The molecule has 2 aromatic carbocycles. The quantitative estimate of drug-likeness (QED) is 0.721. The summed E-state index contributed by atoms with van der Waals surface area (Å²) in [6.45, 7) is 4.60. The van der Waals surface area contributed by atoms with Crippen LogP contribution >= 0.6 is 0 Å². The molecule has 3 nitrogen and oxygen atoms in total. The van der Waals surface area contributed by atoms with Crippen molar-refractivity contribution in [1.82, 2.24) is 4.98 Å². The molecular formula is C18H17NO2. The SMILES string of the molecule is CCOc1ccc2[nH]c(-c3ccccc3C)c(C=O)c2c1. The van der Waals surface area contributed by atoms with Gasteiger partial charge in [0.1, 0.15) is 5.75 Å². The first-order valence-electron chi connectivity index (χ1n) is 7.04. The number of aromatic nitrogens is 1. The summed E-state index contributed by atoms with van der Waals surface area (Å²) in [6.07, 6.45) is 0.913. The van der Waals surface area contributed by atoms with Crippen LogP contribution in [-0.2, 0) is 0 Å². The zero-order valence-electron chi connectivity index (χ0n) is 12.1. The maximum atomic E-state index is 11.6. The lowest BCUT2D eigenvalue weighted by atomic mass is 10.0. The fourth-order valence-corrected chi connectivity index (χ4v) is 2.64. The number of fused-ring (bicyclic) bond motifs is 1. The Morgan fingerprint density at radius 3 is 2.71 bits per heavy atom. The third kappa shape index (κ3) is 2.31. The van der Waals surface area contributed by atoms with Crippen LogP contribution in [0.15, 0.2) is 42.5 Å². The summed E-state index contributed by atoms with van der Waals surface area (Å²) in [7, 11) is 0. The first-order valence-corrected chi connectivity index (χ1v) is 7.04. The van der Waals surface area contributed by atoms with Gasteiger partial charge in [0.2, 0.25) is 0 Å². The van der Waals surface area contributed by atoms with Crippen LogP contribution < -0.4 is 4.74 Å². The molecule has 3 aromatic rings. The molecule has 3 rings (SSSR count). The van der Waals surface area contributed by atoms with E-state index in [0.717, 1.165) is 39.8 Å².